The highest BCUT2D eigenvalue weighted by atomic mass is 16.5. The molecule has 0 aliphatic carbocycles. The van der Waals surface area contributed by atoms with E-state index in [-0.39, 0.29) is 17.9 Å². The number of nitrogens with zero attached hydrogens (tertiary/aromatic N) is 1. The average Bonchev–Trinajstić information content (AvgIpc) is 2.31. The second-order valence-electron chi connectivity index (χ2n) is 6.08. The summed E-state index contributed by atoms with van der Waals surface area (Å²) in [7, 11) is 0. The monoisotopic (exact) mass is 270 g/mol. The lowest BCUT2D eigenvalue weighted by Crippen LogP contribution is -2.73. The van der Waals surface area contributed by atoms with Gasteiger partial charge in [0.2, 0.25) is 11.8 Å². The molecule has 2 amide bonds. The zero-order valence-corrected chi connectivity index (χ0v) is 12.9. The third-order valence-corrected chi connectivity index (χ3v) is 3.81. The Morgan fingerprint density at radius 1 is 1.26 bits per heavy atom. The lowest BCUT2D eigenvalue weighted by Gasteiger charge is -2.48. The summed E-state index contributed by atoms with van der Waals surface area (Å²) in [5, 5.41) is 2.84. The van der Waals surface area contributed by atoms with E-state index >= 15 is 0 Å². The van der Waals surface area contributed by atoms with Crippen LogP contribution in [0.4, 0.5) is 0 Å². The van der Waals surface area contributed by atoms with Crippen molar-refractivity contribution in [2.75, 3.05) is 13.2 Å². The molecule has 0 bridgehead atoms. The molecule has 1 atom stereocenters. The number of carbonyl (C=O) groups is 2. The second kappa shape index (κ2) is 5.49. The van der Waals surface area contributed by atoms with E-state index in [2.05, 4.69) is 5.32 Å². The van der Waals surface area contributed by atoms with Gasteiger partial charge in [0.1, 0.15) is 11.1 Å². The number of rotatable bonds is 5. The van der Waals surface area contributed by atoms with Crippen molar-refractivity contribution in [2.24, 2.45) is 0 Å². The Hall–Kier alpha value is -1.10. The Labute approximate surface area is 115 Å². The Kier molecular flexibility index (Phi) is 4.61. The quantitative estimate of drug-likeness (QED) is 0.819. The summed E-state index contributed by atoms with van der Waals surface area (Å²) in [6, 6.07) is 0. The molecule has 5 nitrogen and oxygen atoms in total. The SMILES string of the molecule is CCC1(C)NC(=O)C(C)(C)N(CCOC(C)C)C1=O. The number of nitrogens with one attached hydrogen (secondary N) is 1. The summed E-state index contributed by atoms with van der Waals surface area (Å²) in [6.07, 6.45) is 0.698. The fraction of sp³-hybridized carbons (Fsp3) is 0.857. The molecule has 0 aromatic rings. The van der Waals surface area contributed by atoms with Gasteiger partial charge >= 0.3 is 0 Å². The molecule has 0 saturated carbocycles. The zero-order valence-electron chi connectivity index (χ0n) is 12.9. The standard InChI is InChI=1S/C14H26N2O3/c1-7-14(6)12(18)16(8-9-19-10(2)3)13(4,5)11(17)15-14/h10H,7-9H2,1-6H3,(H,15,17). The number of hydrogen-bond donors (Lipinski definition) is 1. The topological polar surface area (TPSA) is 58.6 Å². The molecule has 19 heavy (non-hydrogen) atoms. The van der Waals surface area contributed by atoms with Crippen LogP contribution in [0.25, 0.3) is 0 Å². The maximum atomic E-state index is 12.6. The van der Waals surface area contributed by atoms with Gasteiger partial charge in [0, 0.05) is 6.54 Å². The first-order chi connectivity index (χ1) is 8.65. The molecule has 1 aliphatic heterocycles. The normalized spacial score (nSPS) is 26.8. The molecular weight excluding hydrogens is 244 g/mol. The van der Waals surface area contributed by atoms with Crippen molar-refractivity contribution in [1.29, 1.82) is 0 Å². The molecule has 1 N–H and O–H groups in total. The lowest BCUT2D eigenvalue weighted by atomic mass is 9.87. The smallest absolute Gasteiger partial charge is 0.248 e. The van der Waals surface area contributed by atoms with Crippen LogP contribution >= 0.6 is 0 Å². The summed E-state index contributed by atoms with van der Waals surface area (Å²) < 4.78 is 5.50. The van der Waals surface area contributed by atoms with E-state index in [0.29, 0.717) is 19.6 Å². The summed E-state index contributed by atoms with van der Waals surface area (Å²) in [6.45, 7) is 12.0. The number of piperazine rings is 1. The van der Waals surface area contributed by atoms with Crippen LogP contribution in [0.3, 0.4) is 0 Å². The predicted octanol–water partition coefficient (Wildman–Crippen LogP) is 1.32. The van der Waals surface area contributed by atoms with E-state index < -0.39 is 11.1 Å². The molecule has 1 fully saturated rings. The van der Waals surface area contributed by atoms with Crippen LogP contribution in [0.1, 0.15) is 48.0 Å². The van der Waals surface area contributed by atoms with Crippen LogP contribution in [-0.2, 0) is 14.3 Å². The Balaban J connectivity index is 2.88. The minimum atomic E-state index is -0.827. The molecule has 0 radical (unpaired) electrons. The van der Waals surface area contributed by atoms with Crippen molar-refractivity contribution in [2.45, 2.75) is 65.1 Å². The number of amides is 2. The highest BCUT2D eigenvalue weighted by Crippen LogP contribution is 2.27. The molecule has 1 heterocycles. The number of hydrogen-bond acceptors (Lipinski definition) is 3. The highest BCUT2D eigenvalue weighted by molar-refractivity contribution is 6.01. The Bertz CT molecular complexity index is 366. The van der Waals surface area contributed by atoms with Gasteiger partial charge < -0.3 is 15.0 Å². The molecule has 0 aromatic heterocycles. The lowest BCUT2D eigenvalue weighted by molar-refractivity contribution is -0.161. The van der Waals surface area contributed by atoms with Crippen molar-refractivity contribution < 1.29 is 14.3 Å². The van der Waals surface area contributed by atoms with Crippen LogP contribution < -0.4 is 5.32 Å². The largest absolute Gasteiger partial charge is 0.377 e. The van der Waals surface area contributed by atoms with E-state index in [1.54, 1.807) is 25.7 Å². The maximum Gasteiger partial charge on any atom is 0.248 e. The van der Waals surface area contributed by atoms with Crippen LogP contribution in [0.15, 0.2) is 0 Å². The minimum absolute atomic E-state index is 0.0352. The van der Waals surface area contributed by atoms with E-state index in [4.69, 9.17) is 4.74 Å². The number of ether oxygens (including phenoxy) is 1. The van der Waals surface area contributed by atoms with Crippen LogP contribution in [0.2, 0.25) is 0 Å². The summed E-state index contributed by atoms with van der Waals surface area (Å²) in [5.74, 6) is -0.145. The van der Waals surface area contributed by atoms with Crippen molar-refractivity contribution in [3.63, 3.8) is 0 Å². The third-order valence-electron chi connectivity index (χ3n) is 3.81. The molecule has 110 valence electrons. The van der Waals surface area contributed by atoms with Crippen molar-refractivity contribution >= 4 is 11.8 Å². The maximum absolute atomic E-state index is 12.6. The van der Waals surface area contributed by atoms with E-state index in [0.717, 1.165) is 0 Å². The van der Waals surface area contributed by atoms with E-state index in [1.165, 1.54) is 0 Å². The van der Waals surface area contributed by atoms with Crippen LogP contribution in [0, 0.1) is 0 Å². The van der Waals surface area contributed by atoms with Gasteiger partial charge in [-0.2, -0.15) is 0 Å². The van der Waals surface area contributed by atoms with Gasteiger partial charge in [-0.25, -0.2) is 0 Å². The van der Waals surface area contributed by atoms with Crippen molar-refractivity contribution in [3.05, 3.63) is 0 Å². The molecule has 0 aromatic carbocycles. The summed E-state index contributed by atoms with van der Waals surface area (Å²) in [5.41, 5.74) is -1.63. The number of carbonyl (C=O) groups excluding carboxylic acids is 2. The molecule has 1 rings (SSSR count). The van der Waals surface area contributed by atoms with Gasteiger partial charge in [-0.15, -0.1) is 0 Å². The van der Waals surface area contributed by atoms with Crippen molar-refractivity contribution in [3.8, 4) is 0 Å². The molecule has 1 saturated heterocycles. The highest BCUT2D eigenvalue weighted by Gasteiger charge is 2.51. The minimum Gasteiger partial charge on any atom is -0.377 e. The van der Waals surface area contributed by atoms with Gasteiger partial charge in [0.25, 0.3) is 0 Å². The third kappa shape index (κ3) is 3.08. The van der Waals surface area contributed by atoms with Crippen LogP contribution in [-0.4, -0.2) is 47.0 Å². The molecule has 5 heteroatoms. The van der Waals surface area contributed by atoms with Gasteiger partial charge in [-0.3, -0.25) is 9.59 Å². The molecule has 1 unspecified atom stereocenters. The fourth-order valence-corrected chi connectivity index (χ4v) is 2.13. The first-order valence-corrected chi connectivity index (χ1v) is 6.91. The van der Waals surface area contributed by atoms with E-state index in [9.17, 15) is 9.59 Å². The second-order valence-corrected chi connectivity index (χ2v) is 6.08. The zero-order chi connectivity index (χ0) is 14.8. The first kappa shape index (κ1) is 16.0. The van der Waals surface area contributed by atoms with Crippen LogP contribution in [0.5, 0.6) is 0 Å². The van der Waals surface area contributed by atoms with Gasteiger partial charge in [0.05, 0.1) is 12.7 Å². The van der Waals surface area contributed by atoms with Crippen molar-refractivity contribution in [1.82, 2.24) is 10.2 Å². The Morgan fingerprint density at radius 2 is 1.84 bits per heavy atom. The molecule has 0 spiro atoms. The molecular formula is C14H26N2O3. The summed E-state index contributed by atoms with van der Waals surface area (Å²) >= 11 is 0. The first-order valence-electron chi connectivity index (χ1n) is 6.91. The fourth-order valence-electron chi connectivity index (χ4n) is 2.13. The predicted molar refractivity (Wildman–Crippen MR) is 73.7 cm³/mol. The van der Waals surface area contributed by atoms with Gasteiger partial charge in [0.15, 0.2) is 0 Å². The van der Waals surface area contributed by atoms with Gasteiger partial charge in [-0.1, -0.05) is 6.92 Å². The van der Waals surface area contributed by atoms with E-state index in [1.807, 2.05) is 20.8 Å². The Morgan fingerprint density at radius 3 is 2.32 bits per heavy atom. The van der Waals surface area contributed by atoms with Gasteiger partial charge in [-0.05, 0) is 41.0 Å². The summed E-state index contributed by atoms with van der Waals surface area (Å²) in [4.78, 5) is 26.4. The average molecular weight is 270 g/mol. The molecule has 1 aliphatic rings.